The van der Waals surface area contributed by atoms with Gasteiger partial charge in [-0.15, -0.1) is 11.3 Å². The lowest BCUT2D eigenvalue weighted by atomic mass is 10.1. The first-order valence-corrected chi connectivity index (χ1v) is 8.31. The van der Waals surface area contributed by atoms with Gasteiger partial charge in [0.2, 0.25) is 0 Å². The van der Waals surface area contributed by atoms with Gasteiger partial charge in [0.05, 0.1) is 5.69 Å². The van der Waals surface area contributed by atoms with Crippen LogP contribution in [0.25, 0.3) is 0 Å². The number of hydrogen-bond acceptors (Lipinski definition) is 5. The molecule has 0 aliphatic carbocycles. The Hall–Kier alpha value is -0.950. The highest BCUT2D eigenvalue weighted by Crippen LogP contribution is 2.29. The van der Waals surface area contributed by atoms with Crippen LogP contribution < -0.4 is 0 Å². The van der Waals surface area contributed by atoms with Crippen LogP contribution in [-0.2, 0) is 16.3 Å². The first kappa shape index (κ1) is 15.1. The van der Waals surface area contributed by atoms with Crippen LogP contribution in [0.2, 0.25) is 0 Å². The normalized spacial score (nSPS) is 13.8. The van der Waals surface area contributed by atoms with Gasteiger partial charge in [0.15, 0.2) is 9.84 Å². The Morgan fingerprint density at radius 2 is 1.94 bits per heavy atom. The summed E-state index contributed by atoms with van der Waals surface area (Å²) in [7, 11) is -3.26. The van der Waals surface area contributed by atoms with Crippen molar-refractivity contribution in [3.63, 3.8) is 0 Å². The molecule has 0 aromatic carbocycles. The van der Waals surface area contributed by atoms with Gasteiger partial charge < -0.3 is 5.11 Å². The number of sulfone groups is 1. The second-order valence-corrected chi connectivity index (χ2v) is 8.10. The van der Waals surface area contributed by atoms with Crippen molar-refractivity contribution in [2.75, 3.05) is 6.26 Å². The van der Waals surface area contributed by atoms with E-state index in [0.717, 1.165) is 17.6 Å². The number of rotatable bonds is 5. The van der Waals surface area contributed by atoms with Gasteiger partial charge in [-0.3, -0.25) is 0 Å². The highest BCUT2D eigenvalue weighted by molar-refractivity contribution is 7.91. The predicted octanol–water partition coefficient (Wildman–Crippen LogP) is 2.15. The van der Waals surface area contributed by atoms with Crippen molar-refractivity contribution >= 4 is 27.1 Å². The average Bonchev–Trinajstić information content (AvgIpc) is 2.58. The molecule has 1 unspecified atom stereocenters. The summed E-state index contributed by atoms with van der Waals surface area (Å²) in [5.74, 6) is -0.776. The van der Waals surface area contributed by atoms with Crippen LogP contribution in [0.4, 0.5) is 0 Å². The van der Waals surface area contributed by atoms with Gasteiger partial charge in [-0.1, -0.05) is 13.8 Å². The Morgan fingerprint density at radius 3 is 2.33 bits per heavy atom. The molecule has 102 valence electrons. The van der Waals surface area contributed by atoms with Crippen LogP contribution in [0.3, 0.4) is 0 Å². The second-order valence-electron chi connectivity index (χ2n) is 4.70. The minimum Gasteiger partial charge on any atom is -0.477 e. The molecule has 7 heteroatoms. The maximum Gasteiger partial charge on any atom is 0.347 e. The Labute approximate surface area is 111 Å². The molecule has 1 rings (SSSR count). The lowest BCUT2D eigenvalue weighted by Gasteiger charge is -2.04. The third kappa shape index (κ3) is 3.52. The molecule has 1 N–H and O–H groups in total. The Bertz CT molecular complexity index is 545. The number of aromatic nitrogens is 1. The molecule has 0 bridgehead atoms. The zero-order valence-electron chi connectivity index (χ0n) is 10.8. The summed E-state index contributed by atoms with van der Waals surface area (Å²) >= 11 is 0.955. The van der Waals surface area contributed by atoms with E-state index >= 15 is 0 Å². The van der Waals surface area contributed by atoms with Gasteiger partial charge in [-0.25, -0.2) is 18.2 Å². The molecule has 18 heavy (non-hydrogen) atoms. The molecular formula is C11H17NO4S2. The minimum atomic E-state index is -3.26. The molecule has 0 aliphatic rings. The van der Waals surface area contributed by atoms with Crippen LogP contribution in [-0.4, -0.2) is 30.7 Å². The van der Waals surface area contributed by atoms with Crippen LogP contribution in [0.15, 0.2) is 0 Å². The number of hydrogen-bond donors (Lipinski definition) is 1. The molecular weight excluding hydrogens is 274 g/mol. The van der Waals surface area contributed by atoms with E-state index in [1.165, 1.54) is 6.92 Å². The molecule has 0 aliphatic heterocycles. The second kappa shape index (κ2) is 5.36. The molecule has 0 spiro atoms. The third-order valence-corrected chi connectivity index (χ3v) is 5.42. The smallest absolute Gasteiger partial charge is 0.347 e. The zero-order chi connectivity index (χ0) is 14.1. The standard InChI is InChI=1S/C11H17NO4S2/c1-6(2)5-8-9(11(13)14)17-10(12-8)7(3)18(4,15)16/h6-7H,5H2,1-4H3,(H,13,14). The van der Waals surface area contributed by atoms with Crippen LogP contribution in [0.1, 0.15) is 46.4 Å². The largest absolute Gasteiger partial charge is 0.477 e. The number of carboxylic acids is 1. The van der Waals surface area contributed by atoms with Gasteiger partial charge in [0.1, 0.15) is 15.1 Å². The van der Waals surface area contributed by atoms with Gasteiger partial charge >= 0.3 is 5.97 Å². The number of carbonyl (C=O) groups is 1. The van der Waals surface area contributed by atoms with Crippen molar-refractivity contribution in [3.05, 3.63) is 15.6 Å². The summed E-state index contributed by atoms with van der Waals surface area (Å²) in [5.41, 5.74) is 0.480. The first-order chi connectivity index (χ1) is 8.12. The summed E-state index contributed by atoms with van der Waals surface area (Å²) in [6.07, 6.45) is 1.66. The van der Waals surface area contributed by atoms with Crippen molar-refractivity contribution in [1.29, 1.82) is 0 Å². The quantitative estimate of drug-likeness (QED) is 0.898. The van der Waals surface area contributed by atoms with Crippen molar-refractivity contribution in [2.24, 2.45) is 5.92 Å². The van der Waals surface area contributed by atoms with Gasteiger partial charge in [0.25, 0.3) is 0 Å². The number of carboxylic acid groups (broad SMARTS) is 1. The summed E-state index contributed by atoms with van der Waals surface area (Å²) in [6.45, 7) is 5.45. The maximum atomic E-state index is 11.5. The van der Waals surface area contributed by atoms with Gasteiger partial charge in [0, 0.05) is 6.26 Å². The molecule has 1 heterocycles. The molecule has 1 aromatic rings. The van der Waals surface area contributed by atoms with E-state index in [4.69, 9.17) is 5.11 Å². The lowest BCUT2D eigenvalue weighted by Crippen LogP contribution is -2.07. The number of nitrogens with zero attached hydrogens (tertiary/aromatic N) is 1. The van der Waals surface area contributed by atoms with Crippen molar-refractivity contribution in [3.8, 4) is 0 Å². The monoisotopic (exact) mass is 291 g/mol. The molecule has 0 fully saturated rings. The topological polar surface area (TPSA) is 84.3 Å². The van der Waals surface area contributed by atoms with Gasteiger partial charge in [-0.2, -0.15) is 0 Å². The van der Waals surface area contributed by atoms with E-state index in [1.54, 1.807) is 0 Å². The maximum absolute atomic E-state index is 11.5. The average molecular weight is 291 g/mol. The van der Waals surface area contributed by atoms with Crippen LogP contribution in [0, 0.1) is 5.92 Å². The third-order valence-electron chi connectivity index (χ3n) is 2.50. The number of aromatic carboxylic acids is 1. The summed E-state index contributed by atoms with van der Waals surface area (Å²) in [5, 5.41) is 8.69. The molecule has 1 atom stereocenters. The Morgan fingerprint density at radius 1 is 1.39 bits per heavy atom. The van der Waals surface area contributed by atoms with E-state index in [0.29, 0.717) is 17.1 Å². The first-order valence-electron chi connectivity index (χ1n) is 5.54. The summed E-state index contributed by atoms with van der Waals surface area (Å²) in [4.78, 5) is 15.5. The van der Waals surface area contributed by atoms with E-state index in [2.05, 4.69) is 4.98 Å². The lowest BCUT2D eigenvalue weighted by molar-refractivity contribution is 0.0700. The molecule has 0 saturated heterocycles. The molecule has 0 amide bonds. The summed E-state index contributed by atoms with van der Waals surface area (Å²) in [6, 6.07) is 0. The van der Waals surface area contributed by atoms with E-state index < -0.39 is 21.1 Å². The van der Waals surface area contributed by atoms with Crippen molar-refractivity contribution in [1.82, 2.24) is 4.98 Å². The summed E-state index contributed by atoms with van der Waals surface area (Å²) < 4.78 is 22.9. The highest BCUT2D eigenvalue weighted by Gasteiger charge is 2.25. The van der Waals surface area contributed by atoms with E-state index in [1.807, 2.05) is 13.8 Å². The van der Waals surface area contributed by atoms with Crippen LogP contribution in [0.5, 0.6) is 0 Å². The fraction of sp³-hybridized carbons (Fsp3) is 0.636. The molecule has 5 nitrogen and oxygen atoms in total. The highest BCUT2D eigenvalue weighted by atomic mass is 32.2. The van der Waals surface area contributed by atoms with E-state index in [9.17, 15) is 13.2 Å². The zero-order valence-corrected chi connectivity index (χ0v) is 12.4. The van der Waals surface area contributed by atoms with E-state index in [-0.39, 0.29) is 10.8 Å². The van der Waals surface area contributed by atoms with Gasteiger partial charge in [-0.05, 0) is 19.3 Å². The molecule has 0 radical (unpaired) electrons. The molecule has 1 aromatic heterocycles. The Balaban J connectivity index is 3.22. The number of thiazole rings is 1. The van der Waals surface area contributed by atoms with Crippen LogP contribution >= 0.6 is 11.3 Å². The van der Waals surface area contributed by atoms with Crippen molar-refractivity contribution < 1.29 is 18.3 Å². The fourth-order valence-corrected chi connectivity index (χ4v) is 3.37. The SMILES string of the molecule is CC(C)Cc1nc(C(C)S(C)(=O)=O)sc1C(=O)O. The Kier molecular flexibility index (Phi) is 4.50. The molecule has 0 saturated carbocycles. The fourth-order valence-electron chi connectivity index (χ4n) is 1.42. The predicted molar refractivity (Wildman–Crippen MR) is 70.9 cm³/mol. The minimum absolute atomic E-state index is 0.147. The van der Waals surface area contributed by atoms with Crippen molar-refractivity contribution in [2.45, 2.75) is 32.4 Å².